The van der Waals surface area contributed by atoms with Gasteiger partial charge >= 0.3 is 35.6 Å². The number of rotatable bonds is 27. The van der Waals surface area contributed by atoms with Crippen LogP contribution in [0.2, 0.25) is 0 Å². The maximum absolute atomic E-state index is 12.0. The van der Waals surface area contributed by atoms with Gasteiger partial charge in [-0.05, 0) is 57.6 Å². The summed E-state index contributed by atoms with van der Waals surface area (Å²) in [4.78, 5) is 77.5. The van der Waals surface area contributed by atoms with E-state index in [1.165, 1.54) is 7.11 Å². The van der Waals surface area contributed by atoms with Gasteiger partial charge in [0.15, 0.2) is 0 Å². The van der Waals surface area contributed by atoms with Crippen molar-refractivity contribution >= 4 is 35.9 Å². The smallest absolute Gasteiger partial charge is 0.407 e. The van der Waals surface area contributed by atoms with Gasteiger partial charge in [-0.3, -0.25) is 19.8 Å². The predicted octanol–water partition coefficient (Wildman–Crippen LogP) is 6.11. The molecule has 2 heterocycles. The van der Waals surface area contributed by atoms with Crippen molar-refractivity contribution in [3.05, 3.63) is 45.5 Å². The van der Waals surface area contributed by atoms with Gasteiger partial charge in [-0.25, -0.2) is 28.8 Å². The van der Waals surface area contributed by atoms with Crippen molar-refractivity contribution in [1.29, 1.82) is 0 Å². The summed E-state index contributed by atoms with van der Waals surface area (Å²) >= 11 is 0. The lowest BCUT2D eigenvalue weighted by molar-refractivity contribution is 0.152. The van der Waals surface area contributed by atoms with Gasteiger partial charge in [0.2, 0.25) is 0 Å². The summed E-state index contributed by atoms with van der Waals surface area (Å²) in [5, 5.41) is 15.9. The molecule has 0 aromatic carbocycles. The van der Waals surface area contributed by atoms with Crippen LogP contribution in [0.25, 0.3) is 0 Å². The zero-order chi connectivity index (χ0) is 41.9. The largest absolute Gasteiger partial charge is 0.453 e. The number of hydrogen-bond acceptors (Lipinski definition) is 10. The third-order valence-corrected chi connectivity index (χ3v) is 8.51. The molecule has 0 radical (unpaired) electrons. The van der Waals surface area contributed by atoms with Crippen LogP contribution in [0.15, 0.2) is 34.1 Å². The van der Waals surface area contributed by atoms with E-state index in [1.54, 1.807) is 40.6 Å². The topological polar surface area (TPSA) is 229 Å². The highest BCUT2D eigenvalue weighted by atomic mass is 16.5. The number of alkyl carbamates (subject to hydrolysis) is 2. The number of methoxy groups -OCH3 is 1. The molecule has 0 bridgehead atoms. The zero-order valence-electron chi connectivity index (χ0n) is 34.6. The first-order chi connectivity index (χ1) is 27.6. The lowest BCUT2D eigenvalue weighted by atomic mass is 10.2. The van der Waals surface area contributed by atoms with Gasteiger partial charge in [0.25, 0.3) is 0 Å². The molecule has 57 heavy (non-hydrogen) atoms. The Bertz CT molecular complexity index is 1530. The molecule has 18 nitrogen and oxygen atoms in total. The average molecular weight is 805 g/mol. The third kappa shape index (κ3) is 26.4. The lowest BCUT2D eigenvalue weighted by Crippen LogP contribution is -2.31. The normalized spacial score (nSPS) is 10.4. The molecule has 0 spiro atoms. The number of hydrogen-bond donors (Lipinski definition) is 6. The van der Waals surface area contributed by atoms with Crippen LogP contribution >= 0.6 is 0 Å². The number of amides is 6. The summed E-state index contributed by atoms with van der Waals surface area (Å²) < 4.78 is 12.4. The number of carbonyl (C=O) groups excluding carboxylic acids is 4. The van der Waals surface area contributed by atoms with Crippen LogP contribution in [0.3, 0.4) is 0 Å². The van der Waals surface area contributed by atoms with Crippen molar-refractivity contribution in [2.24, 2.45) is 0 Å². The van der Waals surface area contributed by atoms with E-state index in [4.69, 9.17) is 4.74 Å². The molecule has 0 aliphatic heterocycles. The Hall–Kier alpha value is -5.16. The molecule has 2 aromatic heterocycles. The Morgan fingerprint density at radius 1 is 0.544 bits per heavy atom. The number of aromatic nitrogens is 4. The quantitative estimate of drug-likeness (QED) is 0.0568. The minimum atomic E-state index is -0.420. The fourth-order valence-electron chi connectivity index (χ4n) is 5.32. The lowest BCUT2D eigenvalue weighted by Gasteiger charge is -2.09. The number of nitrogens with one attached hydrogen (secondary N) is 6. The highest BCUT2D eigenvalue weighted by molar-refractivity contribution is 5.88. The minimum Gasteiger partial charge on any atom is -0.453 e. The number of carbonyl (C=O) groups is 4. The summed E-state index contributed by atoms with van der Waals surface area (Å²) in [5.74, 6) is 0.503. The Morgan fingerprint density at radius 3 is 1.30 bits per heavy atom. The summed E-state index contributed by atoms with van der Waals surface area (Å²) in [6, 6.07) is 2.52. The van der Waals surface area contributed by atoms with Crippen molar-refractivity contribution in [2.45, 2.75) is 137 Å². The van der Waals surface area contributed by atoms with Crippen molar-refractivity contribution in [3.63, 3.8) is 0 Å². The third-order valence-electron chi connectivity index (χ3n) is 8.51. The molecule has 322 valence electrons. The molecular weight excluding hydrogens is 736 g/mol. The monoisotopic (exact) mass is 805 g/mol. The van der Waals surface area contributed by atoms with Crippen LogP contribution in [0.1, 0.15) is 124 Å². The maximum atomic E-state index is 12.0. The van der Waals surface area contributed by atoms with E-state index in [2.05, 4.69) is 60.5 Å². The molecule has 0 saturated heterocycles. The predicted molar refractivity (Wildman–Crippen MR) is 222 cm³/mol. The second kappa shape index (κ2) is 33.0. The summed E-state index contributed by atoms with van der Waals surface area (Å²) in [6.45, 7) is 9.95. The average Bonchev–Trinajstić information content (AvgIpc) is 3.18. The molecule has 2 aromatic rings. The van der Waals surface area contributed by atoms with Crippen LogP contribution in [0, 0.1) is 0 Å². The van der Waals surface area contributed by atoms with Gasteiger partial charge in [-0.15, -0.1) is 0 Å². The van der Waals surface area contributed by atoms with Crippen LogP contribution in [-0.2, 0) is 22.6 Å². The SMILES string of the molecule is CCCCCCn1ccc(NC(=O)NCCCCCCNC(=O)OC)nc1=O.CCCCCCn1ccc(NC(=O)NCCCCCCNC(=O)OCC)nc1=O. The van der Waals surface area contributed by atoms with Gasteiger partial charge < -0.3 is 30.7 Å². The first-order valence-electron chi connectivity index (χ1n) is 20.6. The van der Waals surface area contributed by atoms with Crippen molar-refractivity contribution < 1.29 is 28.7 Å². The van der Waals surface area contributed by atoms with E-state index in [0.717, 1.165) is 103 Å². The molecule has 6 amide bonds. The molecule has 18 heteroatoms. The van der Waals surface area contributed by atoms with Crippen molar-refractivity contribution in [3.8, 4) is 0 Å². The molecule has 0 aliphatic rings. The Morgan fingerprint density at radius 2 is 0.930 bits per heavy atom. The van der Waals surface area contributed by atoms with Crippen LogP contribution in [0.4, 0.5) is 30.8 Å². The van der Waals surface area contributed by atoms with Crippen molar-refractivity contribution in [2.75, 3.05) is 50.5 Å². The Kier molecular flexibility index (Phi) is 28.9. The molecule has 0 atom stereocenters. The van der Waals surface area contributed by atoms with Gasteiger partial charge in [-0.1, -0.05) is 78.1 Å². The van der Waals surface area contributed by atoms with E-state index in [0.29, 0.717) is 45.9 Å². The van der Waals surface area contributed by atoms with Crippen LogP contribution in [0.5, 0.6) is 0 Å². The van der Waals surface area contributed by atoms with E-state index in [-0.39, 0.29) is 41.2 Å². The first kappa shape index (κ1) is 49.9. The van der Waals surface area contributed by atoms with Crippen molar-refractivity contribution in [1.82, 2.24) is 40.4 Å². The highest BCUT2D eigenvalue weighted by Crippen LogP contribution is 2.05. The van der Waals surface area contributed by atoms with Gasteiger partial charge in [0.1, 0.15) is 11.6 Å². The fraction of sp³-hybridized carbons (Fsp3) is 0.692. The van der Waals surface area contributed by atoms with E-state index in [9.17, 15) is 28.8 Å². The number of urea groups is 2. The first-order valence-corrected chi connectivity index (χ1v) is 20.6. The van der Waals surface area contributed by atoms with Gasteiger partial charge in [0, 0.05) is 51.7 Å². The molecule has 0 aliphatic carbocycles. The van der Waals surface area contributed by atoms with Crippen LogP contribution in [-0.4, -0.2) is 83.2 Å². The van der Waals surface area contributed by atoms with Gasteiger partial charge in [0.05, 0.1) is 13.7 Å². The van der Waals surface area contributed by atoms with E-state index < -0.39 is 6.09 Å². The molecular formula is C39H68N10O8. The molecule has 6 N–H and O–H groups in total. The number of nitrogens with zero attached hydrogens (tertiary/aromatic N) is 4. The Balaban J connectivity index is 0.000000570. The standard InChI is InChI=1S/C20H35N5O4.C19H33N5O4/c1-3-5-6-11-15-25-16-12-17(24-19(25)27)23-18(26)21-13-9-7-8-10-14-22-20(28)29-4-2;1-3-4-5-10-14-24-15-11-16(23-18(24)26)22-17(25)20-12-8-6-7-9-13-21-19(27)28-2/h12,16H,3-11,13-15H2,1-2H3,(H,22,28)(H2,21,23,24,26,27);11,15H,3-10,12-14H2,1-2H3,(H,21,27)(H2,20,22,23,25,26). The summed E-state index contributed by atoms with van der Waals surface area (Å²) in [5.41, 5.74) is -0.703. The fourth-order valence-corrected chi connectivity index (χ4v) is 5.32. The zero-order valence-corrected chi connectivity index (χ0v) is 34.6. The number of aryl methyl sites for hydroxylation is 2. The second-order valence-corrected chi connectivity index (χ2v) is 13.4. The molecule has 0 saturated carbocycles. The van der Waals surface area contributed by atoms with E-state index in [1.807, 2.05) is 0 Å². The minimum absolute atomic E-state index is 0.251. The summed E-state index contributed by atoms with van der Waals surface area (Å²) in [7, 11) is 1.33. The second-order valence-electron chi connectivity index (χ2n) is 13.4. The Labute approximate surface area is 337 Å². The number of anilines is 2. The molecule has 0 fully saturated rings. The molecule has 2 rings (SSSR count). The van der Waals surface area contributed by atoms with E-state index >= 15 is 0 Å². The van der Waals surface area contributed by atoms with Crippen LogP contribution < -0.4 is 43.3 Å². The molecule has 0 unspecified atom stereocenters. The number of ether oxygens (including phenoxy) is 2. The highest BCUT2D eigenvalue weighted by Gasteiger charge is 2.07. The number of unbranched alkanes of at least 4 members (excludes halogenated alkanes) is 12. The van der Waals surface area contributed by atoms with Gasteiger partial charge in [-0.2, -0.15) is 9.97 Å². The maximum Gasteiger partial charge on any atom is 0.407 e. The summed E-state index contributed by atoms with van der Waals surface area (Å²) in [6.07, 6.45) is 18.4.